The first-order valence-electron chi connectivity index (χ1n) is 5.77. The molecule has 0 amide bonds. The maximum atomic E-state index is 11.5. The van der Waals surface area contributed by atoms with Gasteiger partial charge in [-0.05, 0) is 31.2 Å². The lowest BCUT2D eigenvalue weighted by atomic mass is 10.3. The van der Waals surface area contributed by atoms with Crippen molar-refractivity contribution in [3.63, 3.8) is 0 Å². The van der Waals surface area contributed by atoms with Gasteiger partial charge in [0.05, 0.1) is 19.9 Å². The fraction of sp³-hybridized carbons (Fsp3) is 0.231. The smallest absolute Gasteiger partial charge is 0.350 e. The van der Waals surface area contributed by atoms with E-state index in [0.29, 0.717) is 16.6 Å². The van der Waals surface area contributed by atoms with Crippen molar-refractivity contribution >= 4 is 28.1 Å². The molecule has 0 bridgehead atoms. The van der Waals surface area contributed by atoms with Crippen molar-refractivity contribution in [2.75, 3.05) is 19.0 Å². The van der Waals surface area contributed by atoms with Gasteiger partial charge in [-0.25, -0.2) is 9.78 Å². The summed E-state index contributed by atoms with van der Waals surface area (Å²) < 4.78 is 9.99. The zero-order chi connectivity index (χ0) is 13.7. The summed E-state index contributed by atoms with van der Waals surface area (Å²) in [7, 11) is 1.62. The molecule has 1 aromatic heterocycles. The van der Waals surface area contributed by atoms with E-state index in [9.17, 15) is 4.79 Å². The Morgan fingerprint density at radius 1 is 1.37 bits per heavy atom. The van der Waals surface area contributed by atoms with Gasteiger partial charge < -0.3 is 14.8 Å². The van der Waals surface area contributed by atoms with Crippen LogP contribution in [0.5, 0.6) is 5.75 Å². The minimum absolute atomic E-state index is 0.345. The van der Waals surface area contributed by atoms with Gasteiger partial charge in [0.2, 0.25) is 0 Å². The molecular formula is C13H14N2O3S. The second-order valence-electron chi connectivity index (χ2n) is 3.60. The van der Waals surface area contributed by atoms with Gasteiger partial charge in [-0.15, -0.1) is 0 Å². The summed E-state index contributed by atoms with van der Waals surface area (Å²) in [6, 6.07) is 7.46. The lowest BCUT2D eigenvalue weighted by Crippen LogP contribution is -2.01. The Balaban J connectivity index is 2.04. The van der Waals surface area contributed by atoms with E-state index in [1.807, 2.05) is 24.3 Å². The number of aromatic nitrogens is 1. The van der Waals surface area contributed by atoms with E-state index in [2.05, 4.69) is 10.3 Å². The monoisotopic (exact) mass is 278 g/mol. The number of nitrogens with zero attached hydrogens (tertiary/aromatic N) is 1. The Hall–Kier alpha value is -2.08. The molecule has 0 fully saturated rings. The Kier molecular flexibility index (Phi) is 4.35. The number of hydrogen-bond acceptors (Lipinski definition) is 6. The zero-order valence-corrected chi connectivity index (χ0v) is 11.5. The molecule has 0 atom stereocenters. The number of esters is 1. The molecule has 6 heteroatoms. The minimum Gasteiger partial charge on any atom is -0.497 e. The van der Waals surface area contributed by atoms with E-state index in [-0.39, 0.29) is 5.97 Å². The number of carbonyl (C=O) groups excluding carboxylic acids is 1. The van der Waals surface area contributed by atoms with E-state index < -0.39 is 0 Å². The average Bonchev–Trinajstić information content (AvgIpc) is 2.88. The highest BCUT2D eigenvalue weighted by Gasteiger charge is 2.11. The molecule has 0 spiro atoms. The van der Waals surface area contributed by atoms with E-state index in [1.165, 1.54) is 17.5 Å². The molecule has 0 radical (unpaired) electrons. The molecule has 19 heavy (non-hydrogen) atoms. The van der Waals surface area contributed by atoms with Gasteiger partial charge in [-0.1, -0.05) is 11.3 Å². The Bertz CT molecular complexity index is 551. The van der Waals surface area contributed by atoms with Crippen LogP contribution in [0.1, 0.15) is 16.6 Å². The summed E-state index contributed by atoms with van der Waals surface area (Å²) in [5.41, 5.74) is 0.880. The highest BCUT2D eigenvalue weighted by atomic mass is 32.1. The molecule has 0 saturated heterocycles. The quantitative estimate of drug-likeness (QED) is 0.852. The topological polar surface area (TPSA) is 60.5 Å². The number of nitrogens with one attached hydrogen (secondary N) is 1. The standard InChI is InChI=1S/C13H14N2O3S/c1-3-18-12(16)11-8-14-13(19-11)15-9-4-6-10(17-2)7-5-9/h4-8H,3H2,1-2H3,(H,14,15). The average molecular weight is 278 g/mol. The predicted molar refractivity (Wildman–Crippen MR) is 74.3 cm³/mol. The molecule has 0 aliphatic carbocycles. The van der Waals surface area contributed by atoms with E-state index in [1.54, 1.807) is 14.0 Å². The molecule has 100 valence electrons. The lowest BCUT2D eigenvalue weighted by molar-refractivity contribution is 0.0532. The van der Waals surface area contributed by atoms with Gasteiger partial charge in [-0.3, -0.25) is 0 Å². The molecule has 0 aliphatic rings. The van der Waals surface area contributed by atoms with Crippen LogP contribution in [-0.2, 0) is 4.74 Å². The van der Waals surface area contributed by atoms with Gasteiger partial charge in [0.25, 0.3) is 0 Å². The molecular weight excluding hydrogens is 264 g/mol. The Morgan fingerprint density at radius 3 is 2.74 bits per heavy atom. The number of anilines is 2. The number of benzene rings is 1. The third-order valence-corrected chi connectivity index (χ3v) is 3.22. The number of ether oxygens (including phenoxy) is 2. The first-order chi connectivity index (χ1) is 9.22. The van der Waals surface area contributed by atoms with E-state index in [4.69, 9.17) is 9.47 Å². The third-order valence-electron chi connectivity index (χ3n) is 2.32. The van der Waals surface area contributed by atoms with Crippen molar-refractivity contribution < 1.29 is 14.3 Å². The third kappa shape index (κ3) is 3.45. The Labute approximate surface area is 115 Å². The number of rotatable bonds is 5. The van der Waals surface area contributed by atoms with Crippen LogP contribution in [0.3, 0.4) is 0 Å². The van der Waals surface area contributed by atoms with Crippen LogP contribution < -0.4 is 10.1 Å². The SMILES string of the molecule is CCOC(=O)c1cnc(Nc2ccc(OC)cc2)s1. The van der Waals surface area contributed by atoms with Crippen LogP contribution in [0.25, 0.3) is 0 Å². The summed E-state index contributed by atoms with van der Waals surface area (Å²) in [6.45, 7) is 2.13. The molecule has 5 nitrogen and oxygen atoms in total. The number of carbonyl (C=O) groups is 1. The Morgan fingerprint density at radius 2 is 2.11 bits per heavy atom. The highest BCUT2D eigenvalue weighted by molar-refractivity contribution is 7.17. The molecule has 2 aromatic rings. The summed E-state index contributed by atoms with van der Waals surface area (Å²) in [5.74, 6) is 0.444. The highest BCUT2D eigenvalue weighted by Crippen LogP contribution is 2.24. The van der Waals surface area contributed by atoms with Gasteiger partial charge in [0.15, 0.2) is 5.13 Å². The van der Waals surface area contributed by atoms with Crippen molar-refractivity contribution in [3.8, 4) is 5.75 Å². The molecule has 1 heterocycles. The van der Waals surface area contributed by atoms with Crippen molar-refractivity contribution in [1.29, 1.82) is 0 Å². The fourth-order valence-electron chi connectivity index (χ4n) is 1.43. The molecule has 0 aliphatic heterocycles. The second kappa shape index (κ2) is 6.19. The van der Waals surface area contributed by atoms with Crippen molar-refractivity contribution in [2.24, 2.45) is 0 Å². The summed E-state index contributed by atoms with van der Waals surface area (Å²) in [6.07, 6.45) is 1.51. The first-order valence-corrected chi connectivity index (χ1v) is 6.58. The second-order valence-corrected chi connectivity index (χ2v) is 4.63. The molecule has 0 saturated carbocycles. The number of hydrogen-bond donors (Lipinski definition) is 1. The van der Waals surface area contributed by atoms with Crippen LogP contribution in [0.4, 0.5) is 10.8 Å². The minimum atomic E-state index is -0.345. The van der Waals surface area contributed by atoms with E-state index >= 15 is 0 Å². The molecule has 0 unspecified atom stereocenters. The van der Waals surface area contributed by atoms with Crippen molar-refractivity contribution in [3.05, 3.63) is 35.3 Å². The van der Waals surface area contributed by atoms with Crippen LogP contribution in [-0.4, -0.2) is 24.7 Å². The van der Waals surface area contributed by atoms with Gasteiger partial charge in [0.1, 0.15) is 10.6 Å². The van der Waals surface area contributed by atoms with Crippen LogP contribution in [0.2, 0.25) is 0 Å². The predicted octanol–water partition coefficient (Wildman–Crippen LogP) is 3.07. The maximum absolute atomic E-state index is 11.5. The van der Waals surface area contributed by atoms with E-state index in [0.717, 1.165) is 11.4 Å². The number of methoxy groups -OCH3 is 1. The van der Waals surface area contributed by atoms with Crippen LogP contribution >= 0.6 is 11.3 Å². The maximum Gasteiger partial charge on any atom is 0.350 e. The lowest BCUT2D eigenvalue weighted by Gasteiger charge is -2.03. The van der Waals surface area contributed by atoms with Gasteiger partial charge in [-0.2, -0.15) is 0 Å². The summed E-state index contributed by atoms with van der Waals surface area (Å²) in [5, 5.41) is 3.76. The van der Waals surface area contributed by atoms with Crippen molar-refractivity contribution in [2.45, 2.75) is 6.92 Å². The van der Waals surface area contributed by atoms with Gasteiger partial charge >= 0.3 is 5.97 Å². The van der Waals surface area contributed by atoms with Crippen molar-refractivity contribution in [1.82, 2.24) is 4.98 Å². The summed E-state index contributed by atoms with van der Waals surface area (Å²) in [4.78, 5) is 16.1. The summed E-state index contributed by atoms with van der Waals surface area (Å²) >= 11 is 1.26. The van der Waals surface area contributed by atoms with Crippen LogP contribution in [0.15, 0.2) is 30.5 Å². The number of thiazole rings is 1. The zero-order valence-electron chi connectivity index (χ0n) is 10.7. The first kappa shape index (κ1) is 13.4. The fourth-order valence-corrected chi connectivity index (χ4v) is 2.16. The molecule has 2 rings (SSSR count). The van der Waals surface area contributed by atoms with Gasteiger partial charge in [0, 0.05) is 5.69 Å². The molecule has 1 aromatic carbocycles. The largest absolute Gasteiger partial charge is 0.497 e. The normalized spacial score (nSPS) is 10.0. The van der Waals surface area contributed by atoms with Crippen LogP contribution in [0, 0.1) is 0 Å². The molecule has 1 N–H and O–H groups in total.